The van der Waals surface area contributed by atoms with E-state index >= 15 is 0 Å². The third-order valence-corrected chi connectivity index (χ3v) is 5.70. The first-order chi connectivity index (χ1) is 13.3. The predicted molar refractivity (Wildman–Crippen MR) is 96.7 cm³/mol. The zero-order chi connectivity index (χ0) is 19.9. The second-order valence-corrected chi connectivity index (χ2v) is 7.41. The van der Waals surface area contributed by atoms with Crippen LogP contribution in [0.2, 0.25) is 5.02 Å². The molecule has 1 N–H and O–H groups in total. The summed E-state index contributed by atoms with van der Waals surface area (Å²) in [6.07, 6.45) is 1.76. The average Bonchev–Trinajstić information content (AvgIpc) is 3.15. The van der Waals surface area contributed by atoms with Gasteiger partial charge in [-0.2, -0.15) is 23.0 Å². The summed E-state index contributed by atoms with van der Waals surface area (Å²) < 4.78 is 44.6. The van der Waals surface area contributed by atoms with E-state index < -0.39 is 17.3 Å². The van der Waals surface area contributed by atoms with Crippen LogP contribution < -0.4 is 10.9 Å². The van der Waals surface area contributed by atoms with Crippen molar-refractivity contribution in [2.24, 2.45) is 5.92 Å². The minimum Gasteiger partial charge on any atom is -0.379 e. The summed E-state index contributed by atoms with van der Waals surface area (Å²) in [5.74, 6) is 0.331. The Balaban J connectivity index is 1.58. The van der Waals surface area contributed by atoms with Gasteiger partial charge in [0.05, 0.1) is 23.6 Å². The molecule has 1 saturated heterocycles. The Morgan fingerprint density at radius 2 is 2.04 bits per heavy atom. The maximum absolute atomic E-state index is 12.7. The number of hydrogen-bond acceptors (Lipinski definition) is 5. The van der Waals surface area contributed by atoms with Gasteiger partial charge in [-0.25, -0.2) is 4.98 Å². The summed E-state index contributed by atoms with van der Waals surface area (Å²) in [7, 11) is 0. The van der Waals surface area contributed by atoms with Gasteiger partial charge in [-0.15, -0.1) is 0 Å². The first-order valence-electron chi connectivity index (χ1n) is 9.04. The molecular formula is C18H18ClF3N4O2. The van der Waals surface area contributed by atoms with Gasteiger partial charge in [0.25, 0.3) is 5.56 Å². The fourth-order valence-electron chi connectivity index (χ4n) is 3.93. The lowest BCUT2D eigenvalue weighted by molar-refractivity contribution is -0.137. The predicted octanol–water partition coefficient (Wildman–Crippen LogP) is 3.67. The minimum atomic E-state index is -4.50. The van der Waals surface area contributed by atoms with Gasteiger partial charge < -0.3 is 10.1 Å². The number of pyridine rings is 1. The molecule has 3 unspecified atom stereocenters. The van der Waals surface area contributed by atoms with Crippen LogP contribution in [0.15, 0.2) is 29.3 Å². The smallest absolute Gasteiger partial charge is 0.379 e. The number of anilines is 1. The summed E-state index contributed by atoms with van der Waals surface area (Å²) in [6, 6.07) is 2.07. The normalized spacial score (nSPS) is 24.8. The van der Waals surface area contributed by atoms with Gasteiger partial charge in [0.2, 0.25) is 0 Å². The fraction of sp³-hybridized carbons (Fsp3) is 0.500. The lowest BCUT2D eigenvalue weighted by Crippen LogP contribution is -2.38. The molecule has 28 heavy (non-hydrogen) atoms. The van der Waals surface area contributed by atoms with Crippen molar-refractivity contribution in [3.8, 4) is 5.82 Å². The molecule has 1 saturated carbocycles. The summed E-state index contributed by atoms with van der Waals surface area (Å²) in [4.78, 5) is 16.3. The molecule has 4 rings (SSSR count). The van der Waals surface area contributed by atoms with E-state index in [-0.39, 0.29) is 23.0 Å². The van der Waals surface area contributed by atoms with E-state index in [2.05, 4.69) is 15.4 Å². The molecular weight excluding hydrogens is 397 g/mol. The molecule has 1 aliphatic carbocycles. The maximum Gasteiger partial charge on any atom is 0.417 e. The minimum absolute atomic E-state index is 0.0339. The third kappa shape index (κ3) is 3.60. The summed E-state index contributed by atoms with van der Waals surface area (Å²) in [5, 5.41) is 7.27. The van der Waals surface area contributed by atoms with Crippen LogP contribution in [0, 0.1) is 5.92 Å². The second kappa shape index (κ2) is 7.36. The molecule has 0 radical (unpaired) electrons. The van der Waals surface area contributed by atoms with Crippen LogP contribution in [-0.4, -0.2) is 33.5 Å². The maximum atomic E-state index is 12.7. The Hall–Kier alpha value is -2.13. The molecule has 3 atom stereocenters. The van der Waals surface area contributed by atoms with E-state index in [4.69, 9.17) is 16.3 Å². The van der Waals surface area contributed by atoms with Crippen LogP contribution in [0.1, 0.15) is 31.2 Å². The third-order valence-electron chi connectivity index (χ3n) is 5.33. The van der Waals surface area contributed by atoms with Crippen LogP contribution in [0.25, 0.3) is 5.82 Å². The van der Waals surface area contributed by atoms with Crippen molar-refractivity contribution >= 4 is 17.3 Å². The Labute approximate surface area is 163 Å². The molecule has 2 fully saturated rings. The first kappa shape index (κ1) is 19.2. The van der Waals surface area contributed by atoms with Crippen molar-refractivity contribution in [1.29, 1.82) is 0 Å². The SMILES string of the molecule is O=c1c(Cl)c(NC2CCCC3OCCC23)cnn1-c1ccc(C(F)(F)F)cn1. The highest BCUT2D eigenvalue weighted by Crippen LogP contribution is 2.36. The summed E-state index contributed by atoms with van der Waals surface area (Å²) >= 11 is 6.24. The Morgan fingerprint density at radius 1 is 1.21 bits per heavy atom. The quantitative estimate of drug-likeness (QED) is 0.830. The highest BCUT2D eigenvalue weighted by atomic mass is 35.5. The molecule has 10 heteroatoms. The van der Waals surface area contributed by atoms with Gasteiger partial charge in [-0.1, -0.05) is 11.6 Å². The lowest BCUT2D eigenvalue weighted by Gasteiger charge is -2.33. The molecule has 2 aromatic rings. The van der Waals surface area contributed by atoms with E-state index in [1.807, 2.05) is 0 Å². The number of aromatic nitrogens is 3. The van der Waals surface area contributed by atoms with E-state index in [0.29, 0.717) is 17.8 Å². The number of alkyl halides is 3. The first-order valence-corrected chi connectivity index (χ1v) is 9.42. The van der Waals surface area contributed by atoms with Crippen molar-refractivity contribution in [3.05, 3.63) is 45.5 Å². The van der Waals surface area contributed by atoms with Gasteiger partial charge in [-0.05, 0) is 37.8 Å². The number of hydrogen-bond donors (Lipinski definition) is 1. The number of nitrogens with one attached hydrogen (secondary N) is 1. The van der Waals surface area contributed by atoms with Crippen molar-refractivity contribution in [1.82, 2.24) is 14.8 Å². The molecule has 6 nitrogen and oxygen atoms in total. The molecule has 0 aromatic carbocycles. The monoisotopic (exact) mass is 414 g/mol. The Bertz CT molecular complexity index is 917. The number of rotatable bonds is 3. The zero-order valence-electron chi connectivity index (χ0n) is 14.7. The number of nitrogens with zero attached hydrogens (tertiary/aromatic N) is 3. The number of ether oxygens (including phenoxy) is 1. The van der Waals surface area contributed by atoms with Crippen LogP contribution in [0.3, 0.4) is 0 Å². The molecule has 0 amide bonds. The molecule has 2 aromatic heterocycles. The van der Waals surface area contributed by atoms with Crippen molar-refractivity contribution in [3.63, 3.8) is 0 Å². The molecule has 0 spiro atoms. The molecule has 150 valence electrons. The summed E-state index contributed by atoms with van der Waals surface area (Å²) in [6.45, 7) is 0.737. The van der Waals surface area contributed by atoms with Gasteiger partial charge >= 0.3 is 6.18 Å². The standard InChI is InChI=1S/C18H18ClF3N4O2/c19-16-13(25-12-2-1-3-14-11(12)6-7-28-14)9-24-26(17(16)27)15-5-4-10(8-23-15)18(20,21)22/h4-5,8-9,11-12,14,25H,1-3,6-7H2. The highest BCUT2D eigenvalue weighted by Gasteiger charge is 2.38. The molecule has 0 bridgehead atoms. The molecule has 2 aliphatic rings. The van der Waals surface area contributed by atoms with Gasteiger partial charge in [0.15, 0.2) is 5.82 Å². The fourth-order valence-corrected chi connectivity index (χ4v) is 4.11. The lowest BCUT2D eigenvalue weighted by atomic mass is 9.82. The van der Waals surface area contributed by atoms with E-state index in [9.17, 15) is 18.0 Å². The number of fused-ring (bicyclic) bond motifs is 1. The zero-order valence-corrected chi connectivity index (χ0v) is 15.5. The summed E-state index contributed by atoms with van der Waals surface area (Å²) in [5.41, 5.74) is -1.14. The largest absolute Gasteiger partial charge is 0.417 e. The van der Waals surface area contributed by atoms with Crippen molar-refractivity contribution in [2.45, 2.75) is 44.0 Å². The Kier molecular flexibility index (Phi) is 5.05. The van der Waals surface area contributed by atoms with Crippen LogP contribution in [0.5, 0.6) is 0 Å². The van der Waals surface area contributed by atoms with Gasteiger partial charge in [-0.3, -0.25) is 4.79 Å². The van der Waals surface area contributed by atoms with Crippen LogP contribution >= 0.6 is 11.6 Å². The molecule has 1 aliphatic heterocycles. The Morgan fingerprint density at radius 3 is 2.75 bits per heavy atom. The van der Waals surface area contributed by atoms with Crippen molar-refractivity contribution in [2.75, 3.05) is 11.9 Å². The highest BCUT2D eigenvalue weighted by molar-refractivity contribution is 6.32. The second-order valence-electron chi connectivity index (χ2n) is 7.04. The van der Waals surface area contributed by atoms with Crippen LogP contribution in [-0.2, 0) is 10.9 Å². The average molecular weight is 415 g/mol. The molecule has 3 heterocycles. The van der Waals surface area contributed by atoms with Crippen molar-refractivity contribution < 1.29 is 17.9 Å². The van der Waals surface area contributed by atoms with Crippen LogP contribution in [0.4, 0.5) is 18.9 Å². The number of halogens is 4. The van der Waals surface area contributed by atoms with E-state index in [1.165, 1.54) is 6.20 Å². The van der Waals surface area contributed by atoms with Gasteiger partial charge in [0, 0.05) is 24.8 Å². The topological polar surface area (TPSA) is 69.0 Å². The van der Waals surface area contributed by atoms with E-state index in [0.717, 1.165) is 49.1 Å². The van der Waals surface area contributed by atoms with Gasteiger partial charge in [0.1, 0.15) is 5.02 Å². The van der Waals surface area contributed by atoms with E-state index in [1.54, 1.807) is 0 Å².